The molecule has 1 rings (SSSR count). The Morgan fingerprint density at radius 2 is 1.93 bits per heavy atom. The van der Waals surface area contributed by atoms with Crippen molar-refractivity contribution in [2.75, 3.05) is 7.11 Å². The SMILES string of the molecule is COc1ccc([C@@H](O)[C@H](C)C=O)cc1. The summed E-state index contributed by atoms with van der Waals surface area (Å²) in [5, 5.41) is 9.68. The first-order valence-electron chi connectivity index (χ1n) is 4.46. The van der Waals surface area contributed by atoms with E-state index in [4.69, 9.17) is 4.74 Å². The summed E-state index contributed by atoms with van der Waals surface area (Å²) >= 11 is 0. The van der Waals surface area contributed by atoms with Gasteiger partial charge in [0.05, 0.1) is 13.2 Å². The van der Waals surface area contributed by atoms with E-state index in [0.717, 1.165) is 17.6 Å². The standard InChI is InChI=1S/C11H14O3/c1-8(7-12)11(13)9-3-5-10(14-2)6-4-9/h3-8,11,13H,1-2H3/t8-,11+/m1/s1. The molecule has 14 heavy (non-hydrogen) atoms. The molecule has 0 unspecified atom stereocenters. The molecule has 1 N–H and O–H groups in total. The third-order valence-corrected chi connectivity index (χ3v) is 2.17. The van der Waals surface area contributed by atoms with Crippen LogP contribution >= 0.6 is 0 Å². The fourth-order valence-corrected chi connectivity index (χ4v) is 1.18. The van der Waals surface area contributed by atoms with Crippen molar-refractivity contribution in [3.05, 3.63) is 29.8 Å². The van der Waals surface area contributed by atoms with Gasteiger partial charge in [-0.1, -0.05) is 19.1 Å². The second-order valence-corrected chi connectivity index (χ2v) is 3.21. The molecule has 0 aliphatic heterocycles. The van der Waals surface area contributed by atoms with Gasteiger partial charge in [-0.25, -0.2) is 0 Å². The molecular weight excluding hydrogens is 180 g/mol. The minimum atomic E-state index is -0.738. The van der Waals surface area contributed by atoms with Gasteiger partial charge < -0.3 is 14.6 Å². The normalized spacial score (nSPS) is 14.5. The quantitative estimate of drug-likeness (QED) is 0.740. The molecule has 0 radical (unpaired) electrons. The average Bonchev–Trinajstić information content (AvgIpc) is 2.27. The molecule has 1 aromatic rings. The van der Waals surface area contributed by atoms with E-state index in [1.54, 1.807) is 38.3 Å². The molecule has 2 atom stereocenters. The zero-order valence-electron chi connectivity index (χ0n) is 8.31. The molecule has 0 saturated heterocycles. The van der Waals surface area contributed by atoms with E-state index in [9.17, 15) is 9.90 Å². The van der Waals surface area contributed by atoms with Crippen molar-refractivity contribution in [1.29, 1.82) is 0 Å². The van der Waals surface area contributed by atoms with Crippen LogP contribution in [0.3, 0.4) is 0 Å². The van der Waals surface area contributed by atoms with Gasteiger partial charge in [0.25, 0.3) is 0 Å². The fourth-order valence-electron chi connectivity index (χ4n) is 1.18. The average molecular weight is 194 g/mol. The minimum absolute atomic E-state index is 0.386. The van der Waals surface area contributed by atoms with Gasteiger partial charge in [-0.2, -0.15) is 0 Å². The van der Waals surface area contributed by atoms with Gasteiger partial charge in [-0.15, -0.1) is 0 Å². The molecule has 0 aliphatic rings. The maximum atomic E-state index is 10.5. The van der Waals surface area contributed by atoms with Gasteiger partial charge in [-0.05, 0) is 17.7 Å². The highest BCUT2D eigenvalue weighted by molar-refractivity contribution is 5.54. The van der Waals surface area contributed by atoms with E-state index < -0.39 is 6.10 Å². The first-order chi connectivity index (χ1) is 6.69. The molecule has 3 nitrogen and oxygen atoms in total. The Labute approximate surface area is 83.3 Å². The summed E-state index contributed by atoms with van der Waals surface area (Å²) in [6, 6.07) is 7.03. The number of rotatable bonds is 4. The molecule has 0 fully saturated rings. The maximum Gasteiger partial charge on any atom is 0.125 e. The third kappa shape index (κ3) is 2.33. The van der Waals surface area contributed by atoms with Gasteiger partial charge in [-0.3, -0.25) is 0 Å². The first-order valence-corrected chi connectivity index (χ1v) is 4.46. The van der Waals surface area contributed by atoms with Crippen molar-refractivity contribution < 1.29 is 14.6 Å². The van der Waals surface area contributed by atoms with Crippen LogP contribution in [0.2, 0.25) is 0 Å². The Morgan fingerprint density at radius 3 is 2.36 bits per heavy atom. The number of carbonyl (C=O) groups excluding carboxylic acids is 1. The predicted molar refractivity (Wildman–Crippen MR) is 53.2 cm³/mol. The Balaban J connectivity index is 2.80. The van der Waals surface area contributed by atoms with Gasteiger partial charge >= 0.3 is 0 Å². The van der Waals surface area contributed by atoms with Crippen molar-refractivity contribution in [2.45, 2.75) is 13.0 Å². The number of aliphatic hydroxyl groups excluding tert-OH is 1. The van der Waals surface area contributed by atoms with Crippen LogP contribution in [0.1, 0.15) is 18.6 Å². The van der Waals surface area contributed by atoms with Crippen molar-refractivity contribution in [3.8, 4) is 5.75 Å². The zero-order valence-corrected chi connectivity index (χ0v) is 8.31. The summed E-state index contributed by atoms with van der Waals surface area (Å²) in [5.74, 6) is 0.350. The molecule has 0 spiro atoms. The lowest BCUT2D eigenvalue weighted by Crippen LogP contribution is -2.09. The van der Waals surface area contributed by atoms with Crippen LogP contribution < -0.4 is 4.74 Å². The first kappa shape index (κ1) is 10.7. The van der Waals surface area contributed by atoms with E-state index in [1.807, 2.05) is 0 Å². The lowest BCUT2D eigenvalue weighted by atomic mass is 9.99. The molecule has 0 bridgehead atoms. The summed E-state index contributed by atoms with van der Waals surface area (Å²) in [6.45, 7) is 1.68. The van der Waals surface area contributed by atoms with E-state index in [1.165, 1.54) is 0 Å². The van der Waals surface area contributed by atoms with Crippen molar-refractivity contribution >= 4 is 6.29 Å². The molecule has 76 valence electrons. The molecule has 0 aromatic heterocycles. The van der Waals surface area contributed by atoms with E-state index >= 15 is 0 Å². The summed E-state index contributed by atoms with van der Waals surface area (Å²) in [5.41, 5.74) is 0.727. The van der Waals surface area contributed by atoms with Gasteiger partial charge in [0.2, 0.25) is 0 Å². The summed E-state index contributed by atoms with van der Waals surface area (Å²) in [6.07, 6.45) is 0.00735. The highest BCUT2D eigenvalue weighted by atomic mass is 16.5. The summed E-state index contributed by atoms with van der Waals surface area (Å²) < 4.78 is 4.98. The highest BCUT2D eigenvalue weighted by Crippen LogP contribution is 2.22. The van der Waals surface area contributed by atoms with Crippen LogP contribution in [0.4, 0.5) is 0 Å². The van der Waals surface area contributed by atoms with Gasteiger partial charge in [0.15, 0.2) is 0 Å². The van der Waals surface area contributed by atoms with Crippen LogP contribution in [0, 0.1) is 5.92 Å². The number of aldehydes is 1. The number of carbonyl (C=O) groups is 1. The second-order valence-electron chi connectivity index (χ2n) is 3.21. The Kier molecular flexibility index (Phi) is 3.65. The minimum Gasteiger partial charge on any atom is -0.497 e. The fraction of sp³-hybridized carbons (Fsp3) is 0.364. The van der Waals surface area contributed by atoms with E-state index in [2.05, 4.69) is 0 Å². The summed E-state index contributed by atoms with van der Waals surface area (Å²) in [7, 11) is 1.58. The van der Waals surface area contributed by atoms with E-state index in [-0.39, 0.29) is 5.92 Å². The van der Waals surface area contributed by atoms with Crippen LogP contribution in [-0.4, -0.2) is 18.5 Å². The smallest absolute Gasteiger partial charge is 0.125 e. The van der Waals surface area contributed by atoms with E-state index in [0.29, 0.717) is 0 Å². The number of ether oxygens (including phenoxy) is 1. The summed E-state index contributed by atoms with van der Waals surface area (Å²) in [4.78, 5) is 10.5. The van der Waals surface area contributed by atoms with Crippen molar-refractivity contribution in [2.24, 2.45) is 5.92 Å². The topological polar surface area (TPSA) is 46.5 Å². The molecule has 0 heterocycles. The highest BCUT2D eigenvalue weighted by Gasteiger charge is 2.14. The number of benzene rings is 1. The lowest BCUT2D eigenvalue weighted by molar-refractivity contribution is -0.113. The Morgan fingerprint density at radius 1 is 1.36 bits per heavy atom. The van der Waals surface area contributed by atoms with Gasteiger partial charge in [0.1, 0.15) is 12.0 Å². The van der Waals surface area contributed by atoms with Crippen LogP contribution in [0.15, 0.2) is 24.3 Å². The van der Waals surface area contributed by atoms with Crippen LogP contribution in [0.5, 0.6) is 5.75 Å². The molecule has 3 heteroatoms. The monoisotopic (exact) mass is 194 g/mol. The number of hydrogen-bond acceptors (Lipinski definition) is 3. The predicted octanol–water partition coefficient (Wildman–Crippen LogP) is 1.56. The second kappa shape index (κ2) is 4.77. The van der Waals surface area contributed by atoms with Gasteiger partial charge in [0, 0.05) is 5.92 Å². The number of hydrogen-bond donors (Lipinski definition) is 1. The van der Waals surface area contributed by atoms with Crippen LogP contribution in [0.25, 0.3) is 0 Å². The number of methoxy groups -OCH3 is 1. The Bertz CT molecular complexity index is 292. The molecule has 0 aliphatic carbocycles. The molecule has 0 saturated carbocycles. The molecule has 1 aromatic carbocycles. The zero-order chi connectivity index (χ0) is 10.6. The van der Waals surface area contributed by atoms with Crippen LogP contribution in [-0.2, 0) is 4.79 Å². The largest absolute Gasteiger partial charge is 0.497 e. The lowest BCUT2D eigenvalue weighted by Gasteiger charge is -2.13. The Hall–Kier alpha value is -1.35. The number of aliphatic hydroxyl groups is 1. The van der Waals surface area contributed by atoms with Crippen molar-refractivity contribution in [1.82, 2.24) is 0 Å². The third-order valence-electron chi connectivity index (χ3n) is 2.17. The molecule has 0 amide bonds. The van der Waals surface area contributed by atoms with Crippen molar-refractivity contribution in [3.63, 3.8) is 0 Å². The molecular formula is C11H14O3. The maximum absolute atomic E-state index is 10.5.